The lowest BCUT2D eigenvalue weighted by atomic mass is 10.1. The molecule has 0 saturated carbocycles. The van der Waals surface area contributed by atoms with Gasteiger partial charge in [0.15, 0.2) is 0 Å². The lowest BCUT2D eigenvalue weighted by Gasteiger charge is -2.12. The Hall–Kier alpha value is -0.580. The lowest BCUT2D eigenvalue weighted by molar-refractivity contribution is 1.31. The maximum atomic E-state index is 12.0. The summed E-state index contributed by atoms with van der Waals surface area (Å²) in [5.74, 6) is 0. The van der Waals surface area contributed by atoms with Gasteiger partial charge in [0.25, 0.3) is 0 Å². The Morgan fingerprint density at radius 1 is 0.842 bits per heavy atom. The van der Waals surface area contributed by atoms with E-state index in [1.165, 1.54) is 12.4 Å². The summed E-state index contributed by atoms with van der Waals surface area (Å²) in [7, 11) is 0. The van der Waals surface area contributed by atoms with E-state index in [4.69, 9.17) is 63.7 Å². The van der Waals surface area contributed by atoms with Crippen LogP contribution in [-0.2, 0) is 0 Å². The number of H-pyrrole nitrogens is 1. The summed E-state index contributed by atoms with van der Waals surface area (Å²) in [6, 6.07) is 0. The highest BCUT2D eigenvalue weighted by Crippen LogP contribution is 2.47. The molecule has 0 saturated heterocycles. The highest BCUT2D eigenvalue weighted by atomic mass is 35.5. The third kappa shape index (κ3) is 2.41. The van der Waals surface area contributed by atoms with Crippen molar-refractivity contribution in [1.82, 2.24) is 4.98 Å². The fourth-order valence-corrected chi connectivity index (χ4v) is 2.87. The largest absolute Gasteiger partial charge is 0.394 e. The summed E-state index contributed by atoms with van der Waals surface area (Å²) in [6.07, 6.45) is 2.76. The first kappa shape index (κ1) is 14.8. The van der Waals surface area contributed by atoms with E-state index in [1.807, 2.05) is 0 Å². The second-order valence-electron chi connectivity index (χ2n) is 3.60. The molecule has 0 unspecified atom stereocenters. The van der Waals surface area contributed by atoms with Gasteiger partial charge in [0.1, 0.15) is 0 Å². The summed E-state index contributed by atoms with van der Waals surface area (Å²) >= 11 is 29.9. The van der Waals surface area contributed by atoms with E-state index in [0.717, 1.165) is 0 Å². The Morgan fingerprint density at radius 2 is 1.32 bits per heavy atom. The Labute approximate surface area is 133 Å². The lowest BCUT2D eigenvalue weighted by Crippen LogP contribution is -2.11. The minimum absolute atomic E-state index is 0.0202. The molecule has 0 radical (unpaired) electrons. The molecule has 0 aliphatic rings. The molecule has 2 rings (SSSR count). The molecule has 0 aliphatic heterocycles. The van der Waals surface area contributed by atoms with E-state index in [2.05, 4.69) is 4.98 Å². The zero-order valence-electron chi connectivity index (χ0n) is 9.03. The third-order valence-electron chi connectivity index (χ3n) is 2.45. The SMILES string of the molecule is Nc1c[nH]cc(-c2c(Cl)c(Cl)c(Cl)c(Cl)c2Cl)c1=O. The summed E-state index contributed by atoms with van der Waals surface area (Å²) in [6.45, 7) is 0. The van der Waals surface area contributed by atoms with Gasteiger partial charge in [-0.25, -0.2) is 0 Å². The van der Waals surface area contributed by atoms with Gasteiger partial charge in [-0.1, -0.05) is 58.0 Å². The molecule has 0 atom stereocenters. The number of aromatic nitrogens is 1. The minimum atomic E-state index is -0.433. The molecule has 3 nitrogen and oxygen atoms in total. The highest BCUT2D eigenvalue weighted by molar-refractivity contribution is 6.56. The number of nitrogen functional groups attached to an aromatic ring is 1. The molecule has 3 N–H and O–H groups in total. The smallest absolute Gasteiger partial charge is 0.212 e. The van der Waals surface area contributed by atoms with Crippen LogP contribution in [0.25, 0.3) is 11.1 Å². The number of nitrogens with two attached hydrogens (primary N) is 1. The van der Waals surface area contributed by atoms with Crippen molar-refractivity contribution in [2.24, 2.45) is 0 Å². The number of hydrogen-bond donors (Lipinski definition) is 2. The van der Waals surface area contributed by atoms with Crippen LogP contribution in [0.5, 0.6) is 0 Å². The number of halogens is 5. The summed E-state index contributed by atoms with van der Waals surface area (Å²) in [4.78, 5) is 14.7. The number of aromatic amines is 1. The second kappa shape index (κ2) is 5.43. The van der Waals surface area contributed by atoms with Crippen molar-refractivity contribution in [3.8, 4) is 11.1 Å². The van der Waals surface area contributed by atoms with Gasteiger partial charge in [-0.05, 0) is 0 Å². The molecule has 0 bridgehead atoms. The molecule has 0 aliphatic carbocycles. The van der Waals surface area contributed by atoms with Crippen LogP contribution in [0.1, 0.15) is 0 Å². The molecule has 0 fully saturated rings. The molecule has 0 spiro atoms. The van der Waals surface area contributed by atoms with Crippen LogP contribution in [0, 0.1) is 0 Å². The van der Waals surface area contributed by atoms with E-state index in [9.17, 15) is 4.79 Å². The van der Waals surface area contributed by atoms with Crippen LogP contribution in [0.2, 0.25) is 25.1 Å². The first-order valence-corrected chi connectivity index (χ1v) is 6.73. The molecular formula is C11H5Cl5N2O. The fourth-order valence-electron chi connectivity index (χ4n) is 1.53. The second-order valence-corrected chi connectivity index (χ2v) is 5.49. The van der Waals surface area contributed by atoms with Crippen LogP contribution in [0.3, 0.4) is 0 Å². The summed E-state index contributed by atoms with van der Waals surface area (Å²) in [5, 5.41) is 0.154. The number of pyridine rings is 1. The third-order valence-corrected chi connectivity index (χ3v) is 4.73. The van der Waals surface area contributed by atoms with E-state index >= 15 is 0 Å². The first-order valence-electron chi connectivity index (χ1n) is 4.84. The molecular weight excluding hydrogens is 353 g/mol. The molecule has 1 aromatic heterocycles. The summed E-state index contributed by atoms with van der Waals surface area (Å²) < 4.78 is 0. The topological polar surface area (TPSA) is 58.9 Å². The molecule has 1 heterocycles. The Bertz CT molecular complexity index is 697. The van der Waals surface area contributed by atoms with E-state index in [-0.39, 0.29) is 41.9 Å². The van der Waals surface area contributed by atoms with Crippen molar-refractivity contribution in [3.05, 3.63) is 47.7 Å². The van der Waals surface area contributed by atoms with Gasteiger partial charge < -0.3 is 10.7 Å². The van der Waals surface area contributed by atoms with Gasteiger partial charge in [-0.2, -0.15) is 0 Å². The predicted molar refractivity (Wildman–Crippen MR) is 82.0 cm³/mol. The van der Waals surface area contributed by atoms with Gasteiger partial charge in [-0.15, -0.1) is 0 Å². The van der Waals surface area contributed by atoms with Crippen molar-refractivity contribution in [2.75, 3.05) is 5.73 Å². The van der Waals surface area contributed by atoms with Gasteiger partial charge >= 0.3 is 0 Å². The normalized spacial score (nSPS) is 10.8. The molecule has 19 heavy (non-hydrogen) atoms. The molecule has 100 valence electrons. The van der Waals surface area contributed by atoms with Crippen molar-refractivity contribution in [3.63, 3.8) is 0 Å². The van der Waals surface area contributed by atoms with Crippen molar-refractivity contribution in [2.45, 2.75) is 0 Å². The molecule has 0 amide bonds. The average Bonchev–Trinajstić information content (AvgIpc) is 2.39. The number of anilines is 1. The maximum absolute atomic E-state index is 12.0. The monoisotopic (exact) mass is 356 g/mol. The summed E-state index contributed by atoms with van der Waals surface area (Å²) in [5.41, 5.74) is 5.48. The van der Waals surface area contributed by atoms with Crippen molar-refractivity contribution < 1.29 is 0 Å². The first-order chi connectivity index (χ1) is 8.86. The Balaban J connectivity index is 2.91. The van der Waals surface area contributed by atoms with Gasteiger partial charge in [-0.3, -0.25) is 4.79 Å². The Kier molecular flexibility index (Phi) is 4.23. The maximum Gasteiger partial charge on any atom is 0.212 e. The fraction of sp³-hybridized carbons (Fsp3) is 0. The van der Waals surface area contributed by atoms with Gasteiger partial charge in [0.2, 0.25) is 5.43 Å². The van der Waals surface area contributed by atoms with Gasteiger partial charge in [0, 0.05) is 18.0 Å². The zero-order chi connectivity index (χ0) is 14.3. The predicted octanol–water partition coefficient (Wildman–Crippen LogP) is 4.89. The van der Waals surface area contributed by atoms with Crippen LogP contribution >= 0.6 is 58.0 Å². The zero-order valence-corrected chi connectivity index (χ0v) is 12.8. The number of nitrogens with one attached hydrogen (secondary N) is 1. The van der Waals surface area contributed by atoms with E-state index in [1.54, 1.807) is 0 Å². The molecule has 1 aromatic carbocycles. The van der Waals surface area contributed by atoms with Crippen molar-refractivity contribution >= 4 is 63.7 Å². The molecule has 2 aromatic rings. The standard InChI is InChI=1S/C11H5Cl5N2O/c12-6-5(3-1-18-2-4(17)11(3)19)7(13)9(15)10(16)8(6)14/h1-2H,17H2,(H,18,19). The van der Waals surface area contributed by atoms with Crippen molar-refractivity contribution in [1.29, 1.82) is 0 Å². The van der Waals surface area contributed by atoms with Crippen LogP contribution in [0.4, 0.5) is 5.69 Å². The Morgan fingerprint density at radius 3 is 1.84 bits per heavy atom. The molecule has 8 heteroatoms. The quantitative estimate of drug-likeness (QED) is 0.563. The van der Waals surface area contributed by atoms with E-state index in [0.29, 0.717) is 0 Å². The van der Waals surface area contributed by atoms with Crippen LogP contribution < -0.4 is 11.2 Å². The number of rotatable bonds is 1. The van der Waals surface area contributed by atoms with Crippen LogP contribution in [0.15, 0.2) is 17.2 Å². The number of benzene rings is 1. The van der Waals surface area contributed by atoms with Gasteiger partial charge in [0.05, 0.1) is 36.4 Å². The van der Waals surface area contributed by atoms with Crippen LogP contribution in [-0.4, -0.2) is 4.98 Å². The van der Waals surface area contributed by atoms with E-state index < -0.39 is 5.43 Å². The average molecular weight is 358 g/mol. The number of hydrogen-bond acceptors (Lipinski definition) is 2. The minimum Gasteiger partial charge on any atom is -0.394 e. The highest BCUT2D eigenvalue weighted by Gasteiger charge is 2.22.